The summed E-state index contributed by atoms with van der Waals surface area (Å²) >= 11 is 3.08. The van der Waals surface area contributed by atoms with E-state index in [1.165, 1.54) is 24.6 Å². The molecule has 2 aromatic heterocycles. The number of para-hydroxylation sites is 1. The van der Waals surface area contributed by atoms with Crippen molar-refractivity contribution in [2.75, 3.05) is 16.4 Å². The molecular formula is C15H16N8S2. The minimum atomic E-state index is 0.192. The summed E-state index contributed by atoms with van der Waals surface area (Å²) in [5.74, 6) is 1.77. The first-order chi connectivity index (χ1) is 12.2. The van der Waals surface area contributed by atoms with Crippen molar-refractivity contribution in [1.29, 1.82) is 0 Å². The van der Waals surface area contributed by atoms with E-state index in [-0.39, 0.29) is 5.95 Å². The fourth-order valence-electron chi connectivity index (χ4n) is 2.06. The van der Waals surface area contributed by atoms with Crippen molar-refractivity contribution in [2.24, 2.45) is 0 Å². The van der Waals surface area contributed by atoms with Crippen LogP contribution in [-0.4, -0.2) is 31.2 Å². The van der Waals surface area contributed by atoms with E-state index in [0.717, 1.165) is 15.2 Å². The third kappa shape index (κ3) is 4.54. The molecule has 25 heavy (non-hydrogen) atoms. The summed E-state index contributed by atoms with van der Waals surface area (Å²) in [4.78, 5) is 12.7. The zero-order chi connectivity index (χ0) is 17.1. The molecule has 0 bridgehead atoms. The summed E-state index contributed by atoms with van der Waals surface area (Å²) in [6.07, 6.45) is 2.42. The van der Waals surface area contributed by atoms with Gasteiger partial charge < -0.3 is 16.4 Å². The molecule has 0 radical (unpaired) electrons. The normalized spacial score (nSPS) is 13.6. The Balaban J connectivity index is 1.40. The monoisotopic (exact) mass is 372 g/mol. The fraction of sp³-hybridized carbons (Fsp3) is 0.267. The third-order valence-electron chi connectivity index (χ3n) is 3.37. The number of aromatic nitrogens is 5. The molecule has 0 aliphatic heterocycles. The van der Waals surface area contributed by atoms with Gasteiger partial charge in [0.15, 0.2) is 4.34 Å². The van der Waals surface area contributed by atoms with E-state index < -0.39 is 0 Å². The highest BCUT2D eigenvalue weighted by molar-refractivity contribution is 8.00. The molecule has 2 heterocycles. The summed E-state index contributed by atoms with van der Waals surface area (Å²) in [6.45, 7) is 0. The summed E-state index contributed by atoms with van der Waals surface area (Å²) < 4.78 is 0.875. The number of thioether (sulfide) groups is 1. The average molecular weight is 372 g/mol. The SMILES string of the molecule is Nc1nc(CSc2nnc(NC3CC3)s2)nc(Nc2ccccc2)n1. The molecule has 1 aliphatic carbocycles. The van der Waals surface area contributed by atoms with Gasteiger partial charge in [0.05, 0.1) is 5.75 Å². The zero-order valence-electron chi connectivity index (χ0n) is 13.2. The number of nitrogen functional groups attached to an aromatic ring is 1. The second-order valence-electron chi connectivity index (χ2n) is 5.50. The highest BCUT2D eigenvalue weighted by atomic mass is 32.2. The zero-order valence-corrected chi connectivity index (χ0v) is 14.8. The number of rotatable bonds is 7. The quantitative estimate of drug-likeness (QED) is 0.538. The minimum Gasteiger partial charge on any atom is -0.368 e. The maximum Gasteiger partial charge on any atom is 0.232 e. The van der Waals surface area contributed by atoms with Crippen molar-refractivity contribution < 1.29 is 0 Å². The Kier molecular flexibility index (Phi) is 4.61. The summed E-state index contributed by atoms with van der Waals surface area (Å²) in [6, 6.07) is 10.3. The topological polar surface area (TPSA) is 115 Å². The van der Waals surface area contributed by atoms with Gasteiger partial charge in [-0.1, -0.05) is 41.3 Å². The van der Waals surface area contributed by atoms with Crippen LogP contribution in [0.15, 0.2) is 34.7 Å². The largest absolute Gasteiger partial charge is 0.368 e. The van der Waals surface area contributed by atoms with Gasteiger partial charge >= 0.3 is 0 Å². The highest BCUT2D eigenvalue weighted by Crippen LogP contribution is 2.31. The standard InChI is InChI=1S/C15H16N8S2/c16-12-19-11(20-13(21-12)17-9-4-2-1-3-5-9)8-24-15-23-22-14(25-15)18-10-6-7-10/h1-5,10H,6-8H2,(H,18,22)(H3,16,17,19,20,21). The van der Waals surface area contributed by atoms with E-state index in [0.29, 0.717) is 23.6 Å². The fourth-order valence-corrected chi connectivity index (χ4v) is 3.75. The lowest BCUT2D eigenvalue weighted by molar-refractivity contribution is 0.972. The van der Waals surface area contributed by atoms with Gasteiger partial charge in [0.1, 0.15) is 5.82 Å². The van der Waals surface area contributed by atoms with Gasteiger partial charge in [-0.2, -0.15) is 15.0 Å². The van der Waals surface area contributed by atoms with E-state index in [9.17, 15) is 0 Å². The van der Waals surface area contributed by atoms with E-state index >= 15 is 0 Å². The third-order valence-corrected chi connectivity index (χ3v) is 5.35. The lowest BCUT2D eigenvalue weighted by Crippen LogP contribution is -2.06. The second kappa shape index (κ2) is 7.19. The Morgan fingerprint density at radius 1 is 1.12 bits per heavy atom. The van der Waals surface area contributed by atoms with Gasteiger partial charge in [-0.05, 0) is 25.0 Å². The second-order valence-corrected chi connectivity index (χ2v) is 7.70. The van der Waals surface area contributed by atoms with Crippen LogP contribution in [-0.2, 0) is 5.75 Å². The Morgan fingerprint density at radius 3 is 2.76 bits per heavy atom. The van der Waals surface area contributed by atoms with Crippen LogP contribution in [0.4, 0.5) is 22.7 Å². The average Bonchev–Trinajstić information content (AvgIpc) is 3.30. The van der Waals surface area contributed by atoms with E-state index in [4.69, 9.17) is 5.73 Å². The molecule has 1 fully saturated rings. The first-order valence-electron chi connectivity index (χ1n) is 7.80. The maximum atomic E-state index is 5.80. The molecule has 128 valence electrons. The van der Waals surface area contributed by atoms with Crippen molar-refractivity contribution in [2.45, 2.75) is 29.0 Å². The molecule has 0 spiro atoms. The number of hydrogen-bond donors (Lipinski definition) is 3. The van der Waals surface area contributed by atoms with E-state index in [2.05, 4.69) is 35.8 Å². The number of hydrogen-bond acceptors (Lipinski definition) is 10. The Labute approximate surface area is 152 Å². The molecule has 1 aliphatic rings. The van der Waals surface area contributed by atoms with Gasteiger partial charge in [0, 0.05) is 11.7 Å². The summed E-state index contributed by atoms with van der Waals surface area (Å²) in [5.41, 5.74) is 6.70. The maximum absolute atomic E-state index is 5.80. The molecule has 0 unspecified atom stereocenters. The molecule has 8 nitrogen and oxygen atoms in total. The van der Waals surface area contributed by atoms with Crippen LogP contribution in [0.2, 0.25) is 0 Å². The van der Waals surface area contributed by atoms with Gasteiger partial charge in [-0.15, -0.1) is 10.2 Å². The van der Waals surface area contributed by atoms with Crippen molar-refractivity contribution in [1.82, 2.24) is 25.1 Å². The Morgan fingerprint density at radius 2 is 1.96 bits per heavy atom. The summed E-state index contributed by atoms with van der Waals surface area (Å²) in [5, 5.41) is 15.7. The number of benzene rings is 1. The molecule has 0 atom stereocenters. The van der Waals surface area contributed by atoms with Crippen molar-refractivity contribution in [3.63, 3.8) is 0 Å². The van der Waals surface area contributed by atoms with Crippen LogP contribution in [0.25, 0.3) is 0 Å². The van der Waals surface area contributed by atoms with Gasteiger partial charge in [-0.25, -0.2) is 0 Å². The summed E-state index contributed by atoms with van der Waals surface area (Å²) in [7, 11) is 0. The molecule has 1 aromatic carbocycles. The van der Waals surface area contributed by atoms with E-state index in [1.54, 1.807) is 11.3 Å². The predicted molar refractivity (Wildman–Crippen MR) is 100 cm³/mol. The highest BCUT2D eigenvalue weighted by Gasteiger charge is 2.22. The minimum absolute atomic E-state index is 0.192. The predicted octanol–water partition coefficient (Wildman–Crippen LogP) is 2.92. The molecule has 0 saturated heterocycles. The molecule has 1 saturated carbocycles. The van der Waals surface area contributed by atoms with Crippen LogP contribution in [0.1, 0.15) is 18.7 Å². The van der Waals surface area contributed by atoms with E-state index in [1.807, 2.05) is 30.3 Å². The van der Waals surface area contributed by atoms with Crippen molar-refractivity contribution in [3.8, 4) is 0 Å². The first-order valence-corrected chi connectivity index (χ1v) is 9.60. The molecule has 0 amide bonds. The Bertz CT molecular complexity index is 850. The molecular weight excluding hydrogens is 356 g/mol. The van der Waals surface area contributed by atoms with Crippen LogP contribution in [0, 0.1) is 0 Å². The number of nitrogens with two attached hydrogens (primary N) is 1. The van der Waals surface area contributed by atoms with Crippen LogP contribution in [0.3, 0.4) is 0 Å². The number of nitrogens with one attached hydrogen (secondary N) is 2. The lowest BCUT2D eigenvalue weighted by Gasteiger charge is -2.06. The first kappa shape index (κ1) is 16.0. The van der Waals surface area contributed by atoms with Crippen molar-refractivity contribution in [3.05, 3.63) is 36.2 Å². The Hall–Kier alpha value is -2.46. The molecule has 3 aromatic rings. The van der Waals surface area contributed by atoms with Crippen LogP contribution in [0.5, 0.6) is 0 Å². The van der Waals surface area contributed by atoms with Crippen molar-refractivity contribution >= 4 is 45.8 Å². The number of anilines is 4. The molecule has 4 rings (SSSR count). The lowest BCUT2D eigenvalue weighted by atomic mass is 10.3. The van der Waals surface area contributed by atoms with Crippen LogP contribution < -0.4 is 16.4 Å². The van der Waals surface area contributed by atoms with Gasteiger partial charge in [0.2, 0.25) is 17.0 Å². The van der Waals surface area contributed by atoms with Crippen LogP contribution >= 0.6 is 23.1 Å². The van der Waals surface area contributed by atoms with Gasteiger partial charge in [0.25, 0.3) is 0 Å². The van der Waals surface area contributed by atoms with Gasteiger partial charge in [-0.3, -0.25) is 0 Å². The smallest absolute Gasteiger partial charge is 0.232 e. The molecule has 10 heteroatoms. The molecule has 4 N–H and O–H groups in total. The number of nitrogens with zero attached hydrogens (tertiary/aromatic N) is 5.